The molecular weight excluding hydrogens is 332 g/mol. The van der Waals surface area contributed by atoms with Gasteiger partial charge in [-0.15, -0.1) is 0 Å². The standard InChI is InChI=1S/C19H20N4O3/c1-4-26-19(25)15-11-13-10-12(7-8-14(13)21-15)18(24)22-17-16(23(2)3)6-5-9-20-17/h5-11,21H,4H2,1-3H3,(H,20,22,24). The zero-order valence-electron chi connectivity index (χ0n) is 14.9. The van der Waals surface area contributed by atoms with Gasteiger partial charge in [-0.2, -0.15) is 0 Å². The van der Waals surface area contributed by atoms with E-state index in [1.807, 2.05) is 31.1 Å². The molecule has 0 fully saturated rings. The summed E-state index contributed by atoms with van der Waals surface area (Å²) >= 11 is 0. The van der Waals surface area contributed by atoms with Crippen LogP contribution in [0.1, 0.15) is 27.8 Å². The Bertz CT molecular complexity index is 962. The molecule has 2 aromatic heterocycles. The lowest BCUT2D eigenvalue weighted by Gasteiger charge is -2.16. The van der Waals surface area contributed by atoms with Gasteiger partial charge in [0.1, 0.15) is 5.69 Å². The van der Waals surface area contributed by atoms with Crippen LogP contribution in [0.3, 0.4) is 0 Å². The highest BCUT2D eigenvalue weighted by Crippen LogP contribution is 2.23. The number of carbonyl (C=O) groups is 2. The second-order valence-electron chi connectivity index (χ2n) is 5.93. The van der Waals surface area contributed by atoms with Gasteiger partial charge in [-0.05, 0) is 43.3 Å². The van der Waals surface area contributed by atoms with Crippen LogP contribution in [0.25, 0.3) is 10.9 Å². The van der Waals surface area contributed by atoms with Crippen molar-refractivity contribution in [1.29, 1.82) is 0 Å². The molecule has 0 aliphatic rings. The summed E-state index contributed by atoms with van der Waals surface area (Å²) in [5.41, 5.74) is 2.41. The SMILES string of the molecule is CCOC(=O)c1cc2cc(C(=O)Nc3ncccc3N(C)C)ccc2[nH]1. The lowest BCUT2D eigenvalue weighted by atomic mass is 10.1. The first-order valence-corrected chi connectivity index (χ1v) is 8.23. The molecule has 0 aliphatic carbocycles. The van der Waals surface area contributed by atoms with Gasteiger partial charge in [0.2, 0.25) is 0 Å². The molecule has 0 unspecified atom stereocenters. The molecule has 7 nitrogen and oxygen atoms in total. The fourth-order valence-electron chi connectivity index (χ4n) is 2.63. The number of H-pyrrole nitrogens is 1. The number of anilines is 2. The highest BCUT2D eigenvalue weighted by Gasteiger charge is 2.14. The minimum atomic E-state index is -0.418. The predicted molar refractivity (Wildman–Crippen MR) is 101 cm³/mol. The summed E-state index contributed by atoms with van der Waals surface area (Å²) < 4.78 is 4.99. The number of esters is 1. The molecule has 134 valence electrons. The van der Waals surface area contributed by atoms with Crippen molar-refractivity contribution in [3.05, 3.63) is 53.9 Å². The Morgan fingerprint density at radius 3 is 2.77 bits per heavy atom. The first kappa shape index (κ1) is 17.5. The number of benzene rings is 1. The summed E-state index contributed by atoms with van der Waals surface area (Å²) in [5, 5.41) is 3.59. The Kier molecular flexibility index (Phi) is 4.88. The molecule has 1 aromatic carbocycles. The topological polar surface area (TPSA) is 87.3 Å². The van der Waals surface area contributed by atoms with E-state index in [9.17, 15) is 9.59 Å². The molecule has 0 bridgehead atoms. The van der Waals surface area contributed by atoms with Crippen molar-refractivity contribution in [2.45, 2.75) is 6.92 Å². The number of aromatic amines is 1. The van der Waals surface area contributed by atoms with Gasteiger partial charge in [0.05, 0.1) is 12.3 Å². The number of nitrogens with zero attached hydrogens (tertiary/aromatic N) is 2. The number of hydrogen-bond donors (Lipinski definition) is 2. The van der Waals surface area contributed by atoms with Crippen molar-refractivity contribution in [1.82, 2.24) is 9.97 Å². The molecule has 0 spiro atoms. The third kappa shape index (κ3) is 3.51. The smallest absolute Gasteiger partial charge is 0.354 e. The maximum atomic E-state index is 12.6. The molecule has 0 atom stereocenters. The second-order valence-corrected chi connectivity index (χ2v) is 5.93. The average molecular weight is 352 g/mol. The fourth-order valence-corrected chi connectivity index (χ4v) is 2.63. The van der Waals surface area contributed by atoms with Gasteiger partial charge in [-0.25, -0.2) is 9.78 Å². The van der Waals surface area contributed by atoms with Gasteiger partial charge >= 0.3 is 5.97 Å². The lowest BCUT2D eigenvalue weighted by Crippen LogP contribution is -2.17. The quantitative estimate of drug-likeness (QED) is 0.689. The summed E-state index contributed by atoms with van der Waals surface area (Å²) in [6.07, 6.45) is 1.63. The van der Waals surface area contributed by atoms with Crippen LogP contribution in [0.2, 0.25) is 0 Å². The summed E-state index contributed by atoms with van der Waals surface area (Å²) in [6.45, 7) is 2.06. The molecule has 3 aromatic rings. The largest absolute Gasteiger partial charge is 0.461 e. The Hall–Kier alpha value is -3.35. The van der Waals surface area contributed by atoms with Gasteiger partial charge in [0.15, 0.2) is 5.82 Å². The average Bonchev–Trinajstić information content (AvgIpc) is 3.05. The first-order chi connectivity index (χ1) is 12.5. The third-order valence-electron chi connectivity index (χ3n) is 3.88. The maximum Gasteiger partial charge on any atom is 0.354 e. The summed E-state index contributed by atoms with van der Waals surface area (Å²) in [6, 6.07) is 10.6. The normalized spacial score (nSPS) is 10.6. The van der Waals surface area contributed by atoms with E-state index < -0.39 is 5.97 Å². The van der Waals surface area contributed by atoms with Crippen molar-refractivity contribution < 1.29 is 14.3 Å². The van der Waals surface area contributed by atoms with E-state index in [1.165, 1.54) is 0 Å². The van der Waals surface area contributed by atoms with Crippen LogP contribution in [0.15, 0.2) is 42.6 Å². The van der Waals surface area contributed by atoms with Gasteiger partial charge in [0.25, 0.3) is 5.91 Å². The van der Waals surface area contributed by atoms with Crippen molar-refractivity contribution >= 4 is 34.3 Å². The van der Waals surface area contributed by atoms with E-state index in [2.05, 4.69) is 15.3 Å². The highest BCUT2D eigenvalue weighted by atomic mass is 16.5. The number of amides is 1. The molecule has 2 N–H and O–H groups in total. The number of rotatable bonds is 5. The Morgan fingerprint density at radius 2 is 2.04 bits per heavy atom. The molecular formula is C19H20N4O3. The predicted octanol–water partition coefficient (Wildman–Crippen LogP) is 3.06. The number of ether oxygens (including phenoxy) is 1. The van der Waals surface area contributed by atoms with Gasteiger partial charge in [-0.3, -0.25) is 4.79 Å². The summed E-state index contributed by atoms with van der Waals surface area (Å²) in [4.78, 5) is 33.5. The zero-order chi connectivity index (χ0) is 18.7. The maximum absolute atomic E-state index is 12.6. The van der Waals surface area contributed by atoms with E-state index in [0.717, 1.165) is 16.6 Å². The van der Waals surface area contributed by atoms with Crippen LogP contribution in [0, 0.1) is 0 Å². The molecule has 2 heterocycles. The van der Waals surface area contributed by atoms with Crippen LogP contribution < -0.4 is 10.2 Å². The summed E-state index contributed by atoms with van der Waals surface area (Å²) in [7, 11) is 3.77. The minimum Gasteiger partial charge on any atom is -0.461 e. The molecule has 26 heavy (non-hydrogen) atoms. The molecule has 7 heteroatoms. The number of pyridine rings is 1. The van der Waals surface area contributed by atoms with E-state index in [1.54, 1.807) is 37.4 Å². The molecule has 0 aliphatic heterocycles. The van der Waals surface area contributed by atoms with E-state index >= 15 is 0 Å². The fraction of sp³-hybridized carbons (Fsp3) is 0.211. The van der Waals surface area contributed by atoms with Crippen LogP contribution in [0.4, 0.5) is 11.5 Å². The Morgan fingerprint density at radius 1 is 1.23 bits per heavy atom. The second kappa shape index (κ2) is 7.26. The van der Waals surface area contributed by atoms with Crippen molar-refractivity contribution in [3.63, 3.8) is 0 Å². The molecule has 0 radical (unpaired) electrons. The number of carbonyl (C=O) groups excluding carboxylic acids is 2. The number of hydrogen-bond acceptors (Lipinski definition) is 5. The molecule has 1 amide bonds. The van der Waals surface area contributed by atoms with E-state index in [0.29, 0.717) is 23.7 Å². The lowest BCUT2D eigenvalue weighted by molar-refractivity contribution is 0.0520. The highest BCUT2D eigenvalue weighted by molar-refractivity contribution is 6.07. The number of nitrogens with one attached hydrogen (secondary N) is 2. The Labute approximate surface area is 151 Å². The van der Waals surface area contributed by atoms with Gasteiger partial charge in [-0.1, -0.05) is 0 Å². The van der Waals surface area contributed by atoms with Crippen LogP contribution in [-0.4, -0.2) is 42.5 Å². The zero-order valence-corrected chi connectivity index (χ0v) is 14.9. The first-order valence-electron chi connectivity index (χ1n) is 8.23. The van der Waals surface area contributed by atoms with Crippen LogP contribution in [0.5, 0.6) is 0 Å². The van der Waals surface area contributed by atoms with E-state index in [-0.39, 0.29) is 5.91 Å². The number of fused-ring (bicyclic) bond motifs is 1. The van der Waals surface area contributed by atoms with Crippen molar-refractivity contribution in [2.75, 3.05) is 30.9 Å². The molecule has 0 saturated carbocycles. The van der Waals surface area contributed by atoms with Crippen LogP contribution >= 0.6 is 0 Å². The number of aromatic nitrogens is 2. The van der Waals surface area contributed by atoms with E-state index in [4.69, 9.17) is 4.74 Å². The minimum absolute atomic E-state index is 0.271. The monoisotopic (exact) mass is 352 g/mol. The third-order valence-corrected chi connectivity index (χ3v) is 3.88. The molecule has 3 rings (SSSR count). The van der Waals surface area contributed by atoms with Crippen molar-refractivity contribution in [2.24, 2.45) is 0 Å². The summed E-state index contributed by atoms with van der Waals surface area (Å²) in [5.74, 6) is -0.199. The van der Waals surface area contributed by atoms with Gasteiger partial charge in [0, 0.05) is 36.8 Å². The molecule has 0 saturated heterocycles. The van der Waals surface area contributed by atoms with Crippen molar-refractivity contribution in [3.8, 4) is 0 Å². The Balaban J connectivity index is 1.86. The van der Waals surface area contributed by atoms with Crippen LogP contribution in [-0.2, 0) is 4.74 Å². The van der Waals surface area contributed by atoms with Gasteiger partial charge < -0.3 is 19.9 Å².